The number of alkyl halides is 6. The molecule has 0 spiro atoms. The quantitative estimate of drug-likeness (QED) is 0.807. The molecule has 1 unspecified atom stereocenters. The zero-order valence-electron chi connectivity index (χ0n) is 8.39. The fraction of sp³-hybridized carbons (Fsp3) is 0.400. The van der Waals surface area contributed by atoms with E-state index in [1.54, 1.807) is 0 Å². The third kappa shape index (κ3) is 3.36. The topological polar surface area (TPSA) is 26.0 Å². The molecule has 17 heavy (non-hydrogen) atoms. The van der Waals surface area contributed by atoms with Crippen LogP contribution in [0.25, 0.3) is 0 Å². The van der Waals surface area contributed by atoms with Crippen LogP contribution in [-0.2, 0) is 0 Å². The Morgan fingerprint density at radius 1 is 0.824 bits per heavy atom. The number of benzene rings is 1. The third-order valence-corrected chi connectivity index (χ3v) is 2.25. The minimum Gasteiger partial charge on any atom is -0.323 e. The van der Waals surface area contributed by atoms with Crippen LogP contribution in [0.15, 0.2) is 30.3 Å². The van der Waals surface area contributed by atoms with E-state index in [4.69, 9.17) is 5.73 Å². The van der Waals surface area contributed by atoms with Crippen LogP contribution in [0.3, 0.4) is 0 Å². The first-order chi connectivity index (χ1) is 7.64. The van der Waals surface area contributed by atoms with Crippen molar-refractivity contribution in [3.63, 3.8) is 0 Å². The summed E-state index contributed by atoms with van der Waals surface area (Å²) in [5.74, 6) is -3.56. The first kappa shape index (κ1) is 13.8. The SMILES string of the molecule is NC(c1ccccc1)C(C(F)(F)F)C(F)(F)F. The van der Waals surface area contributed by atoms with Crippen molar-refractivity contribution in [3.8, 4) is 0 Å². The van der Waals surface area contributed by atoms with Crippen LogP contribution >= 0.6 is 0 Å². The Labute approximate surface area is 93.2 Å². The molecule has 1 aromatic carbocycles. The van der Waals surface area contributed by atoms with Crippen molar-refractivity contribution < 1.29 is 26.3 Å². The van der Waals surface area contributed by atoms with E-state index in [2.05, 4.69) is 0 Å². The highest BCUT2D eigenvalue weighted by Gasteiger charge is 2.59. The van der Waals surface area contributed by atoms with Crippen molar-refractivity contribution in [1.29, 1.82) is 0 Å². The zero-order chi connectivity index (χ0) is 13.3. The maximum atomic E-state index is 12.4. The van der Waals surface area contributed by atoms with E-state index in [-0.39, 0.29) is 5.56 Å². The van der Waals surface area contributed by atoms with Crippen LogP contribution < -0.4 is 5.73 Å². The second kappa shape index (κ2) is 4.56. The first-order valence-corrected chi connectivity index (χ1v) is 4.58. The molecule has 7 heteroatoms. The standard InChI is InChI=1S/C10H9F6N/c11-9(12,13)8(10(14,15)16)7(17)6-4-2-1-3-5-6/h1-5,7-8H,17H2. The number of hydrogen-bond acceptors (Lipinski definition) is 1. The van der Waals surface area contributed by atoms with E-state index in [1.165, 1.54) is 18.2 Å². The average molecular weight is 257 g/mol. The summed E-state index contributed by atoms with van der Waals surface area (Å²) in [6.45, 7) is 0. The Balaban J connectivity index is 3.09. The van der Waals surface area contributed by atoms with Gasteiger partial charge in [0.1, 0.15) is 0 Å². The first-order valence-electron chi connectivity index (χ1n) is 4.58. The minimum atomic E-state index is -5.42. The van der Waals surface area contributed by atoms with E-state index in [1.807, 2.05) is 0 Å². The molecular formula is C10H9F6N. The molecule has 0 saturated heterocycles. The number of hydrogen-bond donors (Lipinski definition) is 1. The zero-order valence-corrected chi connectivity index (χ0v) is 8.39. The highest BCUT2D eigenvalue weighted by Crippen LogP contribution is 2.45. The van der Waals surface area contributed by atoms with Gasteiger partial charge in [0.05, 0.1) is 6.04 Å². The highest BCUT2D eigenvalue weighted by molar-refractivity contribution is 5.20. The summed E-state index contributed by atoms with van der Waals surface area (Å²) < 4.78 is 74.1. The van der Waals surface area contributed by atoms with Gasteiger partial charge in [-0.15, -0.1) is 0 Å². The van der Waals surface area contributed by atoms with Gasteiger partial charge in [-0.3, -0.25) is 0 Å². The van der Waals surface area contributed by atoms with E-state index >= 15 is 0 Å². The van der Waals surface area contributed by atoms with E-state index < -0.39 is 24.3 Å². The molecule has 1 nitrogen and oxygen atoms in total. The van der Waals surface area contributed by atoms with Gasteiger partial charge in [0.25, 0.3) is 0 Å². The monoisotopic (exact) mass is 257 g/mol. The Hall–Kier alpha value is -1.24. The molecule has 0 amide bonds. The minimum absolute atomic E-state index is 0.202. The second-order valence-corrected chi connectivity index (χ2v) is 3.50. The predicted octanol–water partition coefficient (Wildman–Crippen LogP) is 3.43. The normalized spacial score (nSPS) is 15.1. The van der Waals surface area contributed by atoms with E-state index in [0.717, 1.165) is 12.1 Å². The molecule has 1 rings (SSSR count). The summed E-state index contributed by atoms with van der Waals surface area (Å²) in [6.07, 6.45) is -10.8. The lowest BCUT2D eigenvalue weighted by Gasteiger charge is -2.28. The van der Waals surface area contributed by atoms with Crippen LogP contribution in [0.2, 0.25) is 0 Å². The number of nitrogens with two attached hydrogens (primary N) is 1. The van der Waals surface area contributed by atoms with Crippen molar-refractivity contribution in [1.82, 2.24) is 0 Å². The largest absolute Gasteiger partial charge is 0.402 e. The Kier molecular flexibility index (Phi) is 3.71. The van der Waals surface area contributed by atoms with Crippen LogP contribution in [-0.4, -0.2) is 12.4 Å². The van der Waals surface area contributed by atoms with Crippen molar-refractivity contribution in [3.05, 3.63) is 35.9 Å². The van der Waals surface area contributed by atoms with Gasteiger partial charge >= 0.3 is 12.4 Å². The fourth-order valence-corrected chi connectivity index (χ4v) is 1.46. The molecule has 0 saturated carbocycles. The molecule has 0 aliphatic heterocycles. The molecule has 0 aliphatic carbocycles. The fourth-order valence-electron chi connectivity index (χ4n) is 1.46. The molecule has 1 atom stereocenters. The van der Waals surface area contributed by atoms with Gasteiger partial charge in [0, 0.05) is 0 Å². The second-order valence-electron chi connectivity index (χ2n) is 3.50. The van der Waals surface area contributed by atoms with Crippen LogP contribution in [0, 0.1) is 5.92 Å². The molecule has 96 valence electrons. The Morgan fingerprint density at radius 3 is 1.59 bits per heavy atom. The summed E-state index contributed by atoms with van der Waals surface area (Å²) in [6, 6.07) is 4.26. The van der Waals surface area contributed by atoms with Gasteiger partial charge in [-0.05, 0) is 5.56 Å². The lowest BCUT2D eigenvalue weighted by molar-refractivity contribution is -0.290. The molecule has 0 bridgehead atoms. The smallest absolute Gasteiger partial charge is 0.323 e. The lowest BCUT2D eigenvalue weighted by atomic mass is 9.92. The molecule has 0 aliphatic rings. The molecular weight excluding hydrogens is 248 g/mol. The molecule has 1 aromatic rings. The molecule has 2 N–H and O–H groups in total. The summed E-state index contributed by atoms with van der Waals surface area (Å²) in [5, 5.41) is 0. The van der Waals surface area contributed by atoms with Gasteiger partial charge in [-0.1, -0.05) is 30.3 Å². The summed E-state index contributed by atoms with van der Waals surface area (Å²) in [7, 11) is 0. The lowest BCUT2D eigenvalue weighted by Crippen LogP contribution is -2.43. The van der Waals surface area contributed by atoms with Crippen LogP contribution in [0.4, 0.5) is 26.3 Å². The van der Waals surface area contributed by atoms with Gasteiger partial charge in [0.2, 0.25) is 0 Å². The Bertz CT molecular complexity index is 341. The summed E-state index contributed by atoms with van der Waals surface area (Å²) in [4.78, 5) is 0. The van der Waals surface area contributed by atoms with Gasteiger partial charge in [-0.2, -0.15) is 26.3 Å². The summed E-state index contributed by atoms with van der Waals surface area (Å²) in [5.41, 5.74) is 4.87. The van der Waals surface area contributed by atoms with Crippen molar-refractivity contribution >= 4 is 0 Å². The number of halogens is 6. The van der Waals surface area contributed by atoms with Crippen LogP contribution in [0.1, 0.15) is 11.6 Å². The predicted molar refractivity (Wildman–Crippen MR) is 49.0 cm³/mol. The average Bonchev–Trinajstić information content (AvgIpc) is 2.14. The van der Waals surface area contributed by atoms with Crippen molar-refractivity contribution in [2.45, 2.75) is 18.4 Å². The molecule has 0 fully saturated rings. The van der Waals surface area contributed by atoms with Gasteiger partial charge in [-0.25, -0.2) is 0 Å². The van der Waals surface area contributed by atoms with Gasteiger partial charge < -0.3 is 5.73 Å². The van der Waals surface area contributed by atoms with Crippen molar-refractivity contribution in [2.24, 2.45) is 11.7 Å². The molecule has 0 radical (unpaired) electrons. The van der Waals surface area contributed by atoms with Crippen molar-refractivity contribution in [2.75, 3.05) is 0 Å². The summed E-state index contributed by atoms with van der Waals surface area (Å²) >= 11 is 0. The maximum absolute atomic E-state index is 12.4. The molecule has 0 aromatic heterocycles. The van der Waals surface area contributed by atoms with Crippen LogP contribution in [0.5, 0.6) is 0 Å². The van der Waals surface area contributed by atoms with Gasteiger partial charge in [0.15, 0.2) is 5.92 Å². The van der Waals surface area contributed by atoms with E-state index in [9.17, 15) is 26.3 Å². The highest BCUT2D eigenvalue weighted by atomic mass is 19.4. The number of rotatable bonds is 2. The third-order valence-electron chi connectivity index (χ3n) is 2.25. The molecule has 0 heterocycles. The van der Waals surface area contributed by atoms with E-state index in [0.29, 0.717) is 0 Å². The Morgan fingerprint density at radius 2 is 1.24 bits per heavy atom. The maximum Gasteiger partial charge on any atom is 0.402 e.